The Morgan fingerprint density at radius 3 is 2.70 bits per heavy atom. The van der Waals surface area contributed by atoms with E-state index in [1.54, 1.807) is 7.11 Å². The number of ether oxygens (including phenoxy) is 1. The first kappa shape index (κ1) is 15.5. The van der Waals surface area contributed by atoms with E-state index in [-0.39, 0.29) is 0 Å². The zero-order valence-corrected chi connectivity index (χ0v) is 13.1. The van der Waals surface area contributed by atoms with Crippen molar-refractivity contribution >= 4 is 0 Å². The van der Waals surface area contributed by atoms with E-state index in [1.807, 2.05) is 0 Å². The quantitative estimate of drug-likeness (QED) is 0.829. The monoisotopic (exact) mass is 276 g/mol. The van der Waals surface area contributed by atoms with E-state index in [4.69, 9.17) is 4.74 Å². The summed E-state index contributed by atoms with van der Waals surface area (Å²) in [7, 11) is 3.91. The van der Waals surface area contributed by atoms with Crippen molar-refractivity contribution in [2.45, 2.75) is 31.7 Å². The van der Waals surface area contributed by atoms with Crippen LogP contribution in [0.15, 0.2) is 24.3 Å². The molecule has 0 saturated heterocycles. The first-order valence-corrected chi connectivity index (χ1v) is 7.72. The van der Waals surface area contributed by atoms with Gasteiger partial charge in [0, 0.05) is 32.8 Å². The van der Waals surface area contributed by atoms with Crippen molar-refractivity contribution in [3.63, 3.8) is 0 Å². The molecule has 1 aliphatic rings. The lowest BCUT2D eigenvalue weighted by Gasteiger charge is -2.31. The van der Waals surface area contributed by atoms with Crippen LogP contribution in [-0.2, 0) is 4.74 Å². The first-order chi connectivity index (χ1) is 9.72. The molecule has 1 aromatic rings. The molecule has 20 heavy (non-hydrogen) atoms. The summed E-state index contributed by atoms with van der Waals surface area (Å²) in [6.07, 6.45) is 2.54. The van der Waals surface area contributed by atoms with Gasteiger partial charge in [-0.2, -0.15) is 0 Å². The van der Waals surface area contributed by atoms with E-state index < -0.39 is 0 Å². The average Bonchev–Trinajstić information content (AvgIpc) is 2.48. The lowest BCUT2D eigenvalue weighted by molar-refractivity contribution is 0.161. The van der Waals surface area contributed by atoms with Crippen molar-refractivity contribution in [1.29, 1.82) is 0 Å². The van der Waals surface area contributed by atoms with Gasteiger partial charge in [-0.1, -0.05) is 31.2 Å². The van der Waals surface area contributed by atoms with Gasteiger partial charge < -0.3 is 15.0 Å². The normalized spacial score (nSPS) is 22.0. The first-order valence-electron chi connectivity index (χ1n) is 7.72. The number of nitrogens with zero attached hydrogens (tertiary/aromatic N) is 1. The maximum atomic E-state index is 5.10. The van der Waals surface area contributed by atoms with Gasteiger partial charge in [0.25, 0.3) is 0 Å². The number of rotatable bonds is 7. The van der Waals surface area contributed by atoms with Crippen molar-refractivity contribution in [2.75, 3.05) is 40.4 Å². The van der Waals surface area contributed by atoms with Crippen molar-refractivity contribution in [2.24, 2.45) is 0 Å². The van der Waals surface area contributed by atoms with Gasteiger partial charge in [-0.15, -0.1) is 0 Å². The van der Waals surface area contributed by atoms with Crippen LogP contribution in [0.1, 0.15) is 42.9 Å². The molecule has 2 unspecified atom stereocenters. The second kappa shape index (κ2) is 7.77. The van der Waals surface area contributed by atoms with Crippen LogP contribution >= 0.6 is 0 Å². The minimum atomic E-state index is 0.526. The summed E-state index contributed by atoms with van der Waals surface area (Å²) in [5.74, 6) is 0.702. The Bertz CT molecular complexity index is 408. The summed E-state index contributed by atoms with van der Waals surface area (Å²) in [4.78, 5) is 2.31. The van der Waals surface area contributed by atoms with Gasteiger partial charge in [-0.05, 0) is 36.9 Å². The van der Waals surface area contributed by atoms with E-state index >= 15 is 0 Å². The van der Waals surface area contributed by atoms with E-state index in [2.05, 4.69) is 48.5 Å². The van der Waals surface area contributed by atoms with Crippen LogP contribution in [0.25, 0.3) is 0 Å². The molecule has 1 aromatic carbocycles. The summed E-state index contributed by atoms with van der Waals surface area (Å²) in [5.41, 5.74) is 3.04. The molecule has 1 aliphatic carbocycles. The Morgan fingerprint density at radius 2 is 1.95 bits per heavy atom. The maximum Gasteiger partial charge on any atom is 0.0589 e. The molecule has 3 heteroatoms. The number of likely N-dealkylation sites (N-methyl/N-ethyl adjacent to an activating group) is 1. The van der Waals surface area contributed by atoms with E-state index in [0.29, 0.717) is 12.0 Å². The van der Waals surface area contributed by atoms with Gasteiger partial charge in [0.15, 0.2) is 0 Å². The Morgan fingerprint density at radius 1 is 1.20 bits per heavy atom. The molecule has 0 heterocycles. The molecule has 0 aliphatic heterocycles. The molecular formula is C17H28N2O. The third kappa shape index (κ3) is 4.05. The van der Waals surface area contributed by atoms with Gasteiger partial charge in [0.1, 0.15) is 0 Å². The van der Waals surface area contributed by atoms with Gasteiger partial charge in [0.2, 0.25) is 0 Å². The van der Waals surface area contributed by atoms with Crippen LogP contribution in [0.3, 0.4) is 0 Å². The number of hydrogen-bond donors (Lipinski definition) is 1. The van der Waals surface area contributed by atoms with Crippen LogP contribution in [0.5, 0.6) is 0 Å². The van der Waals surface area contributed by atoms with E-state index in [1.165, 1.54) is 24.0 Å². The molecule has 112 valence electrons. The second-order valence-electron chi connectivity index (χ2n) is 5.91. The van der Waals surface area contributed by atoms with Crippen molar-refractivity contribution < 1.29 is 4.74 Å². The predicted molar refractivity (Wildman–Crippen MR) is 84.2 cm³/mol. The van der Waals surface area contributed by atoms with Crippen LogP contribution in [-0.4, -0.2) is 45.3 Å². The topological polar surface area (TPSA) is 24.5 Å². The molecule has 0 saturated carbocycles. The smallest absolute Gasteiger partial charge is 0.0589 e. The standard InChI is InChI=1S/C17H28N2O/c1-14-8-9-17(16-7-5-4-6-15(14)16)18-10-11-19(2)12-13-20-3/h4-7,14,17-18H,8-13H2,1-3H3. The SMILES string of the molecule is COCCN(C)CCNC1CCC(C)c2ccccc21. The number of benzene rings is 1. The molecule has 3 nitrogen and oxygen atoms in total. The summed E-state index contributed by atoms with van der Waals surface area (Å²) in [6.45, 7) is 6.25. The van der Waals surface area contributed by atoms with Gasteiger partial charge >= 0.3 is 0 Å². The summed E-state index contributed by atoms with van der Waals surface area (Å²) in [6, 6.07) is 9.43. The molecule has 0 fully saturated rings. The number of nitrogens with one attached hydrogen (secondary N) is 1. The highest BCUT2D eigenvalue weighted by Crippen LogP contribution is 2.36. The number of hydrogen-bond acceptors (Lipinski definition) is 3. The lowest BCUT2D eigenvalue weighted by atomic mass is 9.81. The van der Waals surface area contributed by atoms with Gasteiger partial charge in [-0.3, -0.25) is 0 Å². The van der Waals surface area contributed by atoms with Crippen LogP contribution in [0.2, 0.25) is 0 Å². The summed E-state index contributed by atoms with van der Waals surface area (Å²) >= 11 is 0. The highest BCUT2D eigenvalue weighted by Gasteiger charge is 2.23. The Hall–Kier alpha value is -0.900. The van der Waals surface area contributed by atoms with E-state index in [9.17, 15) is 0 Å². The van der Waals surface area contributed by atoms with Crippen LogP contribution < -0.4 is 5.32 Å². The van der Waals surface area contributed by atoms with Gasteiger partial charge in [-0.25, -0.2) is 0 Å². The molecule has 0 bridgehead atoms. The molecule has 2 rings (SSSR count). The van der Waals surface area contributed by atoms with Crippen LogP contribution in [0.4, 0.5) is 0 Å². The fourth-order valence-corrected chi connectivity index (χ4v) is 3.01. The Labute approximate surface area is 123 Å². The molecule has 0 amide bonds. The Kier molecular flexibility index (Phi) is 6.02. The molecule has 0 radical (unpaired) electrons. The van der Waals surface area contributed by atoms with Gasteiger partial charge in [0.05, 0.1) is 6.61 Å². The average molecular weight is 276 g/mol. The Balaban J connectivity index is 1.84. The highest BCUT2D eigenvalue weighted by atomic mass is 16.5. The van der Waals surface area contributed by atoms with Crippen LogP contribution in [0, 0.1) is 0 Å². The molecule has 0 aromatic heterocycles. The number of fused-ring (bicyclic) bond motifs is 1. The lowest BCUT2D eigenvalue weighted by Crippen LogP contribution is -2.34. The largest absolute Gasteiger partial charge is 0.383 e. The highest BCUT2D eigenvalue weighted by molar-refractivity contribution is 5.34. The van der Waals surface area contributed by atoms with Crippen molar-refractivity contribution in [1.82, 2.24) is 10.2 Å². The van der Waals surface area contributed by atoms with E-state index in [0.717, 1.165) is 26.2 Å². The van der Waals surface area contributed by atoms with Crippen molar-refractivity contribution in [3.8, 4) is 0 Å². The van der Waals surface area contributed by atoms with Crippen molar-refractivity contribution in [3.05, 3.63) is 35.4 Å². The zero-order chi connectivity index (χ0) is 14.4. The molecule has 1 N–H and O–H groups in total. The zero-order valence-electron chi connectivity index (χ0n) is 13.1. The molecular weight excluding hydrogens is 248 g/mol. The number of methoxy groups -OCH3 is 1. The maximum absolute atomic E-state index is 5.10. The third-order valence-electron chi connectivity index (χ3n) is 4.35. The minimum Gasteiger partial charge on any atom is -0.383 e. The predicted octanol–water partition coefficient (Wildman–Crippen LogP) is 2.79. The summed E-state index contributed by atoms with van der Waals surface area (Å²) in [5, 5.41) is 3.72. The second-order valence-corrected chi connectivity index (χ2v) is 5.91. The fraction of sp³-hybridized carbons (Fsp3) is 0.647. The molecule has 0 spiro atoms. The third-order valence-corrected chi connectivity index (χ3v) is 4.35. The summed E-state index contributed by atoms with van der Waals surface area (Å²) < 4.78 is 5.10. The fourth-order valence-electron chi connectivity index (χ4n) is 3.01. The minimum absolute atomic E-state index is 0.526. The molecule has 2 atom stereocenters.